The molecule has 7 heteroatoms. The number of hydrogen-bond acceptors (Lipinski definition) is 5. The summed E-state index contributed by atoms with van der Waals surface area (Å²) in [5, 5.41) is 20.8. The van der Waals surface area contributed by atoms with Crippen LogP contribution in [0, 0.1) is 18.3 Å². The first-order valence-corrected chi connectivity index (χ1v) is 11.3. The second-order valence-electron chi connectivity index (χ2n) is 8.69. The van der Waals surface area contributed by atoms with E-state index in [0.717, 1.165) is 37.2 Å². The topological polar surface area (TPSA) is 76.9 Å². The van der Waals surface area contributed by atoms with E-state index in [4.69, 9.17) is 0 Å². The molecule has 168 valence electrons. The van der Waals surface area contributed by atoms with E-state index in [1.165, 1.54) is 11.8 Å². The molecule has 1 fully saturated rings. The Bertz CT molecular complexity index is 1390. The predicted molar refractivity (Wildman–Crippen MR) is 130 cm³/mol. The third-order valence-corrected chi connectivity index (χ3v) is 6.53. The molecular weight excluding hydrogens is 414 g/mol. The Balaban J connectivity index is 1.39. The highest BCUT2D eigenvalue weighted by atomic mass is 16.3. The maximum Gasteiger partial charge on any atom is 0.257 e. The number of aliphatic hydroxyl groups excluding tert-OH is 1. The Morgan fingerprint density at radius 2 is 1.64 bits per heavy atom. The van der Waals surface area contributed by atoms with Crippen molar-refractivity contribution >= 4 is 22.4 Å². The van der Waals surface area contributed by atoms with E-state index in [1.807, 2.05) is 34.9 Å². The number of rotatable bonds is 5. The quantitative estimate of drug-likeness (QED) is 0.515. The van der Waals surface area contributed by atoms with Crippen molar-refractivity contribution < 1.29 is 5.11 Å². The summed E-state index contributed by atoms with van der Waals surface area (Å²) < 4.78 is 3.51. The molecular formula is C26H27N5O2. The van der Waals surface area contributed by atoms with Crippen LogP contribution in [-0.4, -0.2) is 57.8 Å². The number of anilines is 1. The van der Waals surface area contributed by atoms with E-state index >= 15 is 0 Å². The second kappa shape index (κ2) is 8.74. The molecule has 0 bridgehead atoms. The lowest BCUT2D eigenvalue weighted by Crippen LogP contribution is -2.49. The Hall–Kier alpha value is -3.60. The molecule has 0 saturated carbocycles. The van der Waals surface area contributed by atoms with Crippen LogP contribution in [-0.2, 0) is 6.54 Å². The Morgan fingerprint density at radius 3 is 2.33 bits per heavy atom. The Kier molecular flexibility index (Phi) is 5.63. The Labute approximate surface area is 192 Å². The molecule has 0 spiro atoms. The van der Waals surface area contributed by atoms with Crippen molar-refractivity contribution in [3.05, 3.63) is 82.1 Å². The molecule has 0 aliphatic carbocycles. The van der Waals surface area contributed by atoms with Crippen molar-refractivity contribution in [3.63, 3.8) is 0 Å². The molecule has 0 amide bonds. The third kappa shape index (κ3) is 3.88. The molecule has 5 rings (SSSR count). The second-order valence-corrected chi connectivity index (χ2v) is 8.69. The number of pyridine rings is 1. The molecule has 1 aliphatic rings. The maximum absolute atomic E-state index is 12.8. The van der Waals surface area contributed by atoms with Gasteiger partial charge in [0.05, 0.1) is 29.2 Å². The third-order valence-electron chi connectivity index (χ3n) is 6.53. The van der Waals surface area contributed by atoms with E-state index in [2.05, 4.69) is 40.1 Å². The number of aliphatic hydroxyl groups is 1. The van der Waals surface area contributed by atoms with Crippen LogP contribution < -0.4 is 10.5 Å². The zero-order valence-corrected chi connectivity index (χ0v) is 18.7. The largest absolute Gasteiger partial charge is 0.390 e. The summed E-state index contributed by atoms with van der Waals surface area (Å²) in [4.78, 5) is 17.5. The maximum atomic E-state index is 12.8. The van der Waals surface area contributed by atoms with Crippen LogP contribution in [0.2, 0.25) is 0 Å². The first-order chi connectivity index (χ1) is 16.1. The molecule has 0 unspecified atom stereocenters. The zero-order chi connectivity index (χ0) is 22.9. The number of aromatic nitrogens is 2. The van der Waals surface area contributed by atoms with Gasteiger partial charge in [0.1, 0.15) is 11.7 Å². The first kappa shape index (κ1) is 21.3. The standard InChI is InChI=1S/C26H27N5O2/c1-19-15-25(33)31-24-10-6-5-9-23(24)30(26(31)22(19)16-27)18-21(32)17-28-11-13-29(14-12-28)20-7-3-2-4-8-20/h2-10,15,21,32H,11-14,17-18H2,1H3/t21-/m0/s1. The Morgan fingerprint density at radius 1 is 0.970 bits per heavy atom. The summed E-state index contributed by atoms with van der Waals surface area (Å²) in [5.41, 5.74) is 4.32. The van der Waals surface area contributed by atoms with Crippen LogP contribution in [0.15, 0.2) is 65.5 Å². The lowest BCUT2D eigenvalue weighted by atomic mass is 10.1. The number of nitriles is 1. The molecule has 3 heterocycles. The minimum atomic E-state index is -0.630. The van der Waals surface area contributed by atoms with Gasteiger partial charge in [-0.25, -0.2) is 0 Å². The highest BCUT2D eigenvalue weighted by Crippen LogP contribution is 2.24. The smallest absolute Gasteiger partial charge is 0.257 e. The normalized spacial score (nSPS) is 15.7. The summed E-state index contributed by atoms with van der Waals surface area (Å²) in [6, 6.07) is 21.8. The van der Waals surface area contributed by atoms with E-state index in [9.17, 15) is 15.2 Å². The van der Waals surface area contributed by atoms with E-state index in [0.29, 0.717) is 29.9 Å². The molecule has 2 aromatic carbocycles. The number of β-amino-alcohol motifs (C(OH)–C–C–N with tert-alkyl or cyclic N) is 1. The van der Waals surface area contributed by atoms with Gasteiger partial charge in [0, 0.05) is 44.5 Å². The zero-order valence-electron chi connectivity index (χ0n) is 18.7. The average molecular weight is 442 g/mol. The van der Waals surface area contributed by atoms with Crippen LogP contribution >= 0.6 is 0 Å². The fraction of sp³-hybridized carbons (Fsp3) is 0.308. The molecule has 0 radical (unpaired) electrons. The molecule has 1 N–H and O–H groups in total. The van der Waals surface area contributed by atoms with Gasteiger partial charge in [-0.05, 0) is 36.8 Å². The van der Waals surface area contributed by atoms with Crippen molar-refractivity contribution in [1.29, 1.82) is 5.26 Å². The highest BCUT2D eigenvalue weighted by Gasteiger charge is 2.22. The van der Waals surface area contributed by atoms with Gasteiger partial charge in [-0.1, -0.05) is 30.3 Å². The van der Waals surface area contributed by atoms with Crippen LogP contribution in [0.3, 0.4) is 0 Å². The van der Waals surface area contributed by atoms with Gasteiger partial charge in [-0.3, -0.25) is 14.1 Å². The average Bonchev–Trinajstić information content (AvgIpc) is 3.15. The van der Waals surface area contributed by atoms with Crippen LogP contribution in [0.5, 0.6) is 0 Å². The number of benzene rings is 2. The SMILES string of the molecule is Cc1cc(=O)n2c3ccccc3n(C[C@@H](O)CN3CCN(c4ccccc4)CC3)c2c1C#N. The molecule has 2 aromatic heterocycles. The van der Waals surface area contributed by atoms with Crippen molar-refractivity contribution in [1.82, 2.24) is 13.9 Å². The lowest BCUT2D eigenvalue weighted by molar-refractivity contribution is 0.0967. The van der Waals surface area contributed by atoms with E-state index in [-0.39, 0.29) is 5.56 Å². The van der Waals surface area contributed by atoms with Crippen molar-refractivity contribution in [2.45, 2.75) is 19.6 Å². The first-order valence-electron chi connectivity index (χ1n) is 11.3. The fourth-order valence-electron chi connectivity index (χ4n) is 4.92. The fourth-order valence-corrected chi connectivity index (χ4v) is 4.92. The summed E-state index contributed by atoms with van der Waals surface area (Å²) >= 11 is 0. The number of hydrogen-bond donors (Lipinski definition) is 1. The molecule has 7 nitrogen and oxygen atoms in total. The molecule has 4 aromatic rings. The van der Waals surface area contributed by atoms with Crippen molar-refractivity contribution in [3.8, 4) is 6.07 Å². The van der Waals surface area contributed by atoms with E-state index < -0.39 is 6.10 Å². The van der Waals surface area contributed by atoms with Crippen LogP contribution in [0.25, 0.3) is 16.7 Å². The van der Waals surface area contributed by atoms with Crippen molar-refractivity contribution in [2.24, 2.45) is 0 Å². The lowest BCUT2D eigenvalue weighted by Gasteiger charge is -2.37. The number of para-hydroxylation sites is 3. The van der Waals surface area contributed by atoms with Gasteiger partial charge in [0.25, 0.3) is 5.56 Å². The van der Waals surface area contributed by atoms with E-state index in [1.54, 1.807) is 11.3 Å². The number of piperazine rings is 1. The number of fused-ring (bicyclic) bond motifs is 3. The number of imidazole rings is 1. The van der Waals surface area contributed by atoms with Gasteiger partial charge in [0.15, 0.2) is 0 Å². The predicted octanol–water partition coefficient (Wildman–Crippen LogP) is 2.62. The van der Waals surface area contributed by atoms with Gasteiger partial charge in [-0.15, -0.1) is 0 Å². The number of nitrogens with zero attached hydrogens (tertiary/aromatic N) is 5. The van der Waals surface area contributed by atoms with Crippen molar-refractivity contribution in [2.75, 3.05) is 37.6 Å². The minimum absolute atomic E-state index is 0.164. The molecule has 33 heavy (non-hydrogen) atoms. The highest BCUT2D eigenvalue weighted by molar-refractivity contribution is 5.84. The van der Waals surface area contributed by atoms with Crippen LogP contribution in [0.4, 0.5) is 5.69 Å². The summed E-state index contributed by atoms with van der Waals surface area (Å²) in [7, 11) is 0. The summed E-state index contributed by atoms with van der Waals surface area (Å²) in [6.45, 7) is 6.22. The van der Waals surface area contributed by atoms with Gasteiger partial charge < -0.3 is 14.6 Å². The monoisotopic (exact) mass is 441 g/mol. The summed E-state index contributed by atoms with van der Waals surface area (Å²) in [5.74, 6) is 0. The summed E-state index contributed by atoms with van der Waals surface area (Å²) in [6.07, 6.45) is -0.630. The van der Waals surface area contributed by atoms with Gasteiger partial charge in [-0.2, -0.15) is 5.26 Å². The van der Waals surface area contributed by atoms with Crippen LogP contribution in [0.1, 0.15) is 11.1 Å². The number of aryl methyl sites for hydroxylation is 1. The minimum Gasteiger partial charge on any atom is -0.390 e. The molecule has 1 saturated heterocycles. The van der Waals surface area contributed by atoms with Gasteiger partial charge in [0.2, 0.25) is 0 Å². The van der Waals surface area contributed by atoms with Gasteiger partial charge >= 0.3 is 0 Å². The molecule has 1 atom stereocenters. The molecule has 1 aliphatic heterocycles.